The van der Waals surface area contributed by atoms with Crippen LogP contribution in [-0.2, 0) is 4.79 Å². The summed E-state index contributed by atoms with van der Waals surface area (Å²) in [4.78, 5) is 60.7. The molecule has 0 heterocycles. The van der Waals surface area contributed by atoms with Crippen molar-refractivity contribution in [2.45, 2.75) is 82.2 Å². The normalized spacial score (nSPS) is 15.5. The molecule has 210 valence electrons. The molecule has 4 rings (SSSR count). The molecule has 0 spiro atoms. The lowest BCUT2D eigenvalue weighted by Gasteiger charge is -2.26. The van der Waals surface area contributed by atoms with Crippen molar-refractivity contribution in [3.05, 3.63) is 83.5 Å². The topological polar surface area (TPSA) is 121 Å². The average Bonchev–Trinajstić information content (AvgIpc) is 2.90. The second-order valence-electron chi connectivity index (χ2n) is 10.8. The summed E-state index contributed by atoms with van der Waals surface area (Å²) in [6.07, 6.45) is 0. The SMILES string of the molecule is CC1=C(C)C(=O)c2c(C)c(C(C)N)c(C)c(C)c2C1=O.CC1=C(C)C(=O)c2c(C)c(OC=O)c(C)c(C)c2C1=O. The van der Waals surface area contributed by atoms with E-state index in [2.05, 4.69) is 0 Å². The lowest BCUT2D eigenvalue weighted by molar-refractivity contribution is -0.120. The highest BCUT2D eigenvalue weighted by Crippen LogP contribution is 2.39. The van der Waals surface area contributed by atoms with Crippen molar-refractivity contribution in [3.63, 3.8) is 0 Å². The number of benzene rings is 2. The predicted octanol–water partition coefficient (Wildman–Crippen LogP) is 6.21. The molecule has 2 aliphatic rings. The zero-order valence-corrected chi connectivity index (χ0v) is 25.2. The molecule has 2 N–H and O–H groups in total. The van der Waals surface area contributed by atoms with Crippen LogP contribution in [0.4, 0.5) is 0 Å². The van der Waals surface area contributed by atoms with Gasteiger partial charge in [-0.3, -0.25) is 24.0 Å². The molecule has 40 heavy (non-hydrogen) atoms. The highest BCUT2D eigenvalue weighted by molar-refractivity contribution is 6.28. The third kappa shape index (κ3) is 4.48. The molecule has 7 nitrogen and oxygen atoms in total. The standard InChI is InChI=1S/C17H21NO2.C16H16O4/c1-7-8(2)14-15(11(5)13(7)12(6)18)17(20)10(4)9(3)16(14)19;1-7-10(4)16(20-6-17)11(5)13-12(7)14(18)8(2)9(3)15(13)19/h12H,18H2,1-6H3;6H,1-5H3. The maximum Gasteiger partial charge on any atom is 0.298 e. The van der Waals surface area contributed by atoms with Crippen molar-refractivity contribution in [1.82, 2.24) is 0 Å². The monoisotopic (exact) mass is 543 g/mol. The summed E-state index contributed by atoms with van der Waals surface area (Å²) in [7, 11) is 0. The molecule has 7 heteroatoms. The summed E-state index contributed by atoms with van der Waals surface area (Å²) in [5, 5.41) is 0. The van der Waals surface area contributed by atoms with Crippen LogP contribution in [0.1, 0.15) is 121 Å². The van der Waals surface area contributed by atoms with E-state index in [9.17, 15) is 24.0 Å². The van der Waals surface area contributed by atoms with Crippen LogP contribution in [0.25, 0.3) is 0 Å². The number of carbonyl (C=O) groups is 5. The highest BCUT2D eigenvalue weighted by Gasteiger charge is 2.34. The van der Waals surface area contributed by atoms with Gasteiger partial charge in [0.15, 0.2) is 23.1 Å². The number of Topliss-reactive ketones (excluding diaryl/α,β-unsaturated/α-hetero) is 4. The van der Waals surface area contributed by atoms with Gasteiger partial charge < -0.3 is 10.5 Å². The Morgan fingerprint density at radius 2 is 0.850 bits per heavy atom. The maximum atomic E-state index is 12.6. The number of fused-ring (bicyclic) bond motifs is 2. The second-order valence-corrected chi connectivity index (χ2v) is 10.8. The minimum absolute atomic E-state index is 0.0305. The average molecular weight is 544 g/mol. The third-order valence-corrected chi connectivity index (χ3v) is 8.63. The van der Waals surface area contributed by atoms with E-state index in [-0.39, 0.29) is 29.2 Å². The molecule has 0 aliphatic heterocycles. The van der Waals surface area contributed by atoms with Crippen molar-refractivity contribution in [2.24, 2.45) is 5.73 Å². The Morgan fingerprint density at radius 1 is 0.525 bits per heavy atom. The zero-order valence-electron chi connectivity index (χ0n) is 25.2. The number of hydrogen-bond donors (Lipinski definition) is 1. The van der Waals surface area contributed by atoms with E-state index >= 15 is 0 Å². The van der Waals surface area contributed by atoms with Crippen LogP contribution in [0.15, 0.2) is 22.3 Å². The molecule has 0 amide bonds. The molecule has 1 atom stereocenters. The summed E-state index contributed by atoms with van der Waals surface area (Å²) >= 11 is 0. The zero-order chi connectivity index (χ0) is 30.5. The molecule has 2 aromatic rings. The Kier molecular flexibility index (Phi) is 8.32. The first-order valence-corrected chi connectivity index (χ1v) is 13.2. The Labute approximate surface area is 235 Å². The van der Waals surface area contributed by atoms with E-state index in [0.717, 1.165) is 22.3 Å². The van der Waals surface area contributed by atoms with E-state index in [1.807, 2.05) is 27.7 Å². The number of ketones is 4. The Bertz CT molecular complexity index is 1610. The van der Waals surface area contributed by atoms with Crippen LogP contribution in [0.2, 0.25) is 0 Å². The van der Waals surface area contributed by atoms with Crippen LogP contribution in [0.5, 0.6) is 5.75 Å². The van der Waals surface area contributed by atoms with Crippen LogP contribution in [0.3, 0.4) is 0 Å². The van der Waals surface area contributed by atoms with Gasteiger partial charge in [-0.15, -0.1) is 0 Å². The molecule has 2 aliphatic carbocycles. The summed E-state index contributed by atoms with van der Waals surface area (Å²) in [6, 6.07) is -0.158. The van der Waals surface area contributed by atoms with Crippen molar-refractivity contribution >= 4 is 29.6 Å². The number of ether oxygens (including phenoxy) is 1. The van der Waals surface area contributed by atoms with E-state index in [0.29, 0.717) is 73.5 Å². The van der Waals surface area contributed by atoms with Gasteiger partial charge in [0, 0.05) is 56.2 Å². The van der Waals surface area contributed by atoms with Gasteiger partial charge in [0.25, 0.3) is 6.47 Å². The van der Waals surface area contributed by atoms with Crippen LogP contribution >= 0.6 is 0 Å². The molecular formula is C33H37NO6. The van der Waals surface area contributed by atoms with Crippen LogP contribution in [-0.4, -0.2) is 29.6 Å². The van der Waals surface area contributed by atoms with Gasteiger partial charge in [-0.05, 0) is 110 Å². The predicted molar refractivity (Wildman–Crippen MR) is 155 cm³/mol. The van der Waals surface area contributed by atoms with Gasteiger partial charge in [0.05, 0.1) is 0 Å². The van der Waals surface area contributed by atoms with Gasteiger partial charge in [-0.25, -0.2) is 0 Å². The molecule has 0 fully saturated rings. The molecule has 2 aromatic carbocycles. The minimum Gasteiger partial charge on any atom is -0.428 e. The van der Waals surface area contributed by atoms with Crippen molar-refractivity contribution < 1.29 is 28.7 Å². The second kappa shape index (κ2) is 10.9. The van der Waals surface area contributed by atoms with E-state index in [1.54, 1.807) is 48.5 Å². The first-order chi connectivity index (χ1) is 18.5. The number of nitrogens with two attached hydrogens (primary N) is 1. The smallest absolute Gasteiger partial charge is 0.298 e. The fraction of sp³-hybridized carbons (Fsp3) is 0.364. The first kappa shape index (κ1) is 30.6. The Hall–Kier alpha value is -3.97. The van der Waals surface area contributed by atoms with Gasteiger partial charge >= 0.3 is 0 Å². The van der Waals surface area contributed by atoms with Crippen LogP contribution in [0, 0.1) is 41.5 Å². The third-order valence-electron chi connectivity index (χ3n) is 8.63. The molecule has 0 saturated carbocycles. The lowest BCUT2D eigenvalue weighted by Crippen LogP contribution is -2.25. The van der Waals surface area contributed by atoms with E-state index in [4.69, 9.17) is 10.5 Å². The van der Waals surface area contributed by atoms with E-state index < -0.39 is 0 Å². The summed E-state index contributed by atoms with van der Waals surface area (Å²) in [5.74, 6) is -0.00622. The fourth-order valence-electron chi connectivity index (χ4n) is 5.78. The summed E-state index contributed by atoms with van der Waals surface area (Å²) < 4.78 is 5.00. The Balaban J connectivity index is 0.000000220. The minimum atomic E-state index is -0.173. The largest absolute Gasteiger partial charge is 0.428 e. The van der Waals surface area contributed by atoms with Gasteiger partial charge in [-0.2, -0.15) is 0 Å². The quantitative estimate of drug-likeness (QED) is 0.457. The maximum absolute atomic E-state index is 12.6. The lowest BCUT2D eigenvalue weighted by atomic mass is 9.76. The van der Waals surface area contributed by atoms with Gasteiger partial charge in [0.1, 0.15) is 5.75 Å². The Morgan fingerprint density at radius 3 is 1.20 bits per heavy atom. The van der Waals surface area contributed by atoms with Crippen molar-refractivity contribution in [3.8, 4) is 5.75 Å². The van der Waals surface area contributed by atoms with Crippen molar-refractivity contribution in [2.75, 3.05) is 0 Å². The van der Waals surface area contributed by atoms with Crippen molar-refractivity contribution in [1.29, 1.82) is 0 Å². The van der Waals surface area contributed by atoms with Crippen LogP contribution < -0.4 is 10.5 Å². The molecule has 0 aromatic heterocycles. The number of carbonyl (C=O) groups excluding carboxylic acids is 5. The summed E-state index contributed by atoms with van der Waals surface area (Å²) in [6.45, 7) is 20.0. The highest BCUT2D eigenvalue weighted by atomic mass is 16.5. The summed E-state index contributed by atoms with van der Waals surface area (Å²) in [5.41, 5.74) is 15.7. The molecule has 0 saturated heterocycles. The first-order valence-electron chi connectivity index (χ1n) is 13.2. The van der Waals surface area contributed by atoms with Gasteiger partial charge in [-0.1, -0.05) is 0 Å². The fourth-order valence-corrected chi connectivity index (χ4v) is 5.78. The molecule has 0 bridgehead atoms. The van der Waals surface area contributed by atoms with Gasteiger partial charge in [0.2, 0.25) is 0 Å². The molecule has 0 radical (unpaired) electrons. The number of allylic oxidation sites excluding steroid dienone is 4. The molecular weight excluding hydrogens is 506 g/mol. The number of hydrogen-bond acceptors (Lipinski definition) is 7. The van der Waals surface area contributed by atoms with E-state index in [1.165, 1.54) is 0 Å². The number of rotatable bonds is 3. The molecule has 1 unspecified atom stereocenters.